The standard InChI is InChI=1S/C20H22N2O5S/c1-3-21-17-11-10-15(19(23)27-4-2)14-18(17)22(20(21)24)12-13-28(25,26)16-8-6-5-7-9-16/h5-11,14H,3-4,12-13H2,1-2H3. The number of benzene rings is 2. The molecular formula is C20H22N2O5S. The molecule has 0 aliphatic carbocycles. The van der Waals surface area contributed by atoms with Crippen LogP contribution in [0.4, 0.5) is 0 Å². The minimum Gasteiger partial charge on any atom is -0.462 e. The first-order valence-corrected chi connectivity index (χ1v) is 10.7. The summed E-state index contributed by atoms with van der Waals surface area (Å²) in [7, 11) is -3.54. The number of hydrogen-bond acceptors (Lipinski definition) is 5. The van der Waals surface area contributed by atoms with Gasteiger partial charge in [-0.25, -0.2) is 18.0 Å². The Morgan fingerprint density at radius 1 is 1.00 bits per heavy atom. The number of carbonyl (C=O) groups excluding carboxylic acids is 1. The first-order valence-electron chi connectivity index (χ1n) is 9.07. The van der Waals surface area contributed by atoms with Crippen LogP contribution in [0.2, 0.25) is 0 Å². The number of aryl methyl sites for hydroxylation is 2. The summed E-state index contributed by atoms with van der Waals surface area (Å²) in [6, 6.07) is 13.0. The van der Waals surface area contributed by atoms with Gasteiger partial charge in [0.25, 0.3) is 0 Å². The normalized spacial score (nSPS) is 11.6. The average molecular weight is 402 g/mol. The zero-order valence-corrected chi connectivity index (χ0v) is 16.6. The van der Waals surface area contributed by atoms with Gasteiger partial charge in [0.05, 0.1) is 33.9 Å². The van der Waals surface area contributed by atoms with Crippen LogP contribution in [-0.2, 0) is 27.7 Å². The number of hydrogen-bond donors (Lipinski definition) is 0. The van der Waals surface area contributed by atoms with E-state index in [1.807, 2.05) is 6.92 Å². The maximum atomic E-state index is 12.8. The third-order valence-electron chi connectivity index (χ3n) is 4.53. The summed E-state index contributed by atoms with van der Waals surface area (Å²) in [5.74, 6) is -0.701. The minimum atomic E-state index is -3.54. The third-order valence-corrected chi connectivity index (χ3v) is 6.24. The Balaban J connectivity index is 2.02. The second-order valence-electron chi connectivity index (χ2n) is 6.23. The Bertz CT molecular complexity index is 1160. The van der Waals surface area contributed by atoms with Gasteiger partial charge < -0.3 is 4.74 Å². The fourth-order valence-corrected chi connectivity index (χ4v) is 4.37. The average Bonchev–Trinajstić information content (AvgIpc) is 2.97. The number of imidazole rings is 1. The summed E-state index contributed by atoms with van der Waals surface area (Å²) in [5.41, 5.74) is 1.18. The fourth-order valence-electron chi connectivity index (χ4n) is 3.14. The van der Waals surface area contributed by atoms with Gasteiger partial charge in [-0.05, 0) is 44.2 Å². The maximum absolute atomic E-state index is 12.8. The molecule has 0 atom stereocenters. The second kappa shape index (κ2) is 8.02. The van der Waals surface area contributed by atoms with Crippen molar-refractivity contribution in [3.05, 3.63) is 64.6 Å². The number of esters is 1. The van der Waals surface area contributed by atoms with E-state index in [1.165, 1.54) is 16.7 Å². The lowest BCUT2D eigenvalue weighted by Crippen LogP contribution is -2.26. The van der Waals surface area contributed by atoms with Crippen LogP contribution in [0.1, 0.15) is 24.2 Å². The molecule has 3 rings (SSSR count). The van der Waals surface area contributed by atoms with Crippen molar-refractivity contribution in [2.45, 2.75) is 31.8 Å². The first-order chi connectivity index (χ1) is 13.4. The van der Waals surface area contributed by atoms with E-state index in [1.54, 1.807) is 47.9 Å². The van der Waals surface area contributed by atoms with Crippen LogP contribution in [0.5, 0.6) is 0 Å². The fraction of sp³-hybridized carbons (Fsp3) is 0.300. The van der Waals surface area contributed by atoms with Crippen molar-refractivity contribution in [3.8, 4) is 0 Å². The molecule has 0 amide bonds. The molecule has 3 aromatic rings. The molecule has 0 radical (unpaired) electrons. The van der Waals surface area contributed by atoms with Crippen molar-refractivity contribution in [1.29, 1.82) is 0 Å². The Hall–Kier alpha value is -2.87. The lowest BCUT2D eigenvalue weighted by Gasteiger charge is -2.07. The summed E-state index contributed by atoms with van der Waals surface area (Å²) in [5, 5.41) is 0. The van der Waals surface area contributed by atoms with Gasteiger partial charge in [0.2, 0.25) is 0 Å². The Morgan fingerprint density at radius 2 is 1.71 bits per heavy atom. The molecule has 0 aliphatic heterocycles. The van der Waals surface area contributed by atoms with E-state index in [0.717, 1.165) is 0 Å². The van der Waals surface area contributed by atoms with Gasteiger partial charge in [-0.1, -0.05) is 18.2 Å². The molecule has 1 aromatic heterocycles. The van der Waals surface area contributed by atoms with Crippen LogP contribution in [0.25, 0.3) is 11.0 Å². The van der Waals surface area contributed by atoms with E-state index in [0.29, 0.717) is 23.1 Å². The Morgan fingerprint density at radius 3 is 2.36 bits per heavy atom. The molecule has 0 aliphatic rings. The molecule has 148 valence electrons. The largest absolute Gasteiger partial charge is 0.462 e. The Kier molecular flexibility index (Phi) is 5.69. The van der Waals surface area contributed by atoms with E-state index in [2.05, 4.69) is 0 Å². The molecule has 0 unspecified atom stereocenters. The molecule has 2 aromatic carbocycles. The van der Waals surface area contributed by atoms with Crippen molar-refractivity contribution >= 4 is 26.8 Å². The van der Waals surface area contributed by atoms with Gasteiger partial charge in [0.15, 0.2) is 9.84 Å². The molecule has 1 heterocycles. The van der Waals surface area contributed by atoms with Crippen molar-refractivity contribution in [3.63, 3.8) is 0 Å². The van der Waals surface area contributed by atoms with Crippen molar-refractivity contribution in [2.24, 2.45) is 0 Å². The summed E-state index contributed by atoms with van der Waals surface area (Å²) in [4.78, 5) is 25.1. The predicted octanol–water partition coefficient (Wildman–Crippen LogP) is 2.47. The van der Waals surface area contributed by atoms with Gasteiger partial charge in [-0.15, -0.1) is 0 Å². The number of aromatic nitrogens is 2. The number of ether oxygens (including phenoxy) is 1. The third kappa shape index (κ3) is 3.73. The van der Waals surface area contributed by atoms with Gasteiger partial charge in [0, 0.05) is 13.1 Å². The quantitative estimate of drug-likeness (QED) is 0.567. The topological polar surface area (TPSA) is 87.4 Å². The molecule has 7 nitrogen and oxygen atoms in total. The molecule has 8 heteroatoms. The van der Waals surface area contributed by atoms with Crippen molar-refractivity contribution in [1.82, 2.24) is 9.13 Å². The lowest BCUT2D eigenvalue weighted by molar-refractivity contribution is 0.0526. The van der Waals surface area contributed by atoms with Crippen molar-refractivity contribution < 1.29 is 17.9 Å². The molecular weight excluding hydrogens is 380 g/mol. The molecule has 0 fully saturated rings. The predicted molar refractivity (Wildman–Crippen MR) is 106 cm³/mol. The van der Waals surface area contributed by atoms with Crippen LogP contribution in [0, 0.1) is 0 Å². The highest BCUT2D eigenvalue weighted by atomic mass is 32.2. The Labute approximate surface area is 163 Å². The van der Waals surface area contributed by atoms with E-state index < -0.39 is 15.8 Å². The molecule has 0 bridgehead atoms. The van der Waals surface area contributed by atoms with Gasteiger partial charge in [0.1, 0.15) is 0 Å². The number of rotatable bonds is 7. The zero-order chi connectivity index (χ0) is 20.3. The van der Waals surface area contributed by atoms with Crippen LogP contribution >= 0.6 is 0 Å². The smallest absolute Gasteiger partial charge is 0.338 e. The zero-order valence-electron chi connectivity index (χ0n) is 15.8. The SMILES string of the molecule is CCOC(=O)c1ccc2c(c1)n(CCS(=O)(=O)c1ccccc1)c(=O)n2CC. The first kappa shape index (κ1) is 19.9. The van der Waals surface area contributed by atoms with Gasteiger partial charge in [-0.2, -0.15) is 0 Å². The summed E-state index contributed by atoms with van der Waals surface area (Å²) in [6.07, 6.45) is 0. The van der Waals surface area contributed by atoms with Crippen LogP contribution in [0.3, 0.4) is 0 Å². The van der Waals surface area contributed by atoms with Gasteiger partial charge >= 0.3 is 11.7 Å². The highest BCUT2D eigenvalue weighted by molar-refractivity contribution is 7.91. The molecule has 0 N–H and O–H groups in total. The summed E-state index contributed by atoms with van der Waals surface area (Å²) in [6.45, 7) is 4.23. The maximum Gasteiger partial charge on any atom is 0.338 e. The van der Waals surface area contributed by atoms with Gasteiger partial charge in [-0.3, -0.25) is 9.13 Å². The molecule has 0 saturated carbocycles. The summed E-state index contributed by atoms with van der Waals surface area (Å²) < 4.78 is 33.2. The molecule has 28 heavy (non-hydrogen) atoms. The molecule has 0 saturated heterocycles. The number of sulfone groups is 1. The second-order valence-corrected chi connectivity index (χ2v) is 8.34. The van der Waals surface area contributed by atoms with E-state index in [9.17, 15) is 18.0 Å². The molecule has 0 spiro atoms. The lowest BCUT2D eigenvalue weighted by atomic mass is 10.2. The number of nitrogens with zero attached hydrogens (tertiary/aromatic N) is 2. The highest BCUT2D eigenvalue weighted by Gasteiger charge is 2.19. The van der Waals surface area contributed by atoms with E-state index >= 15 is 0 Å². The number of carbonyl (C=O) groups is 1. The minimum absolute atomic E-state index is 0.00810. The van der Waals surface area contributed by atoms with Crippen LogP contribution < -0.4 is 5.69 Å². The van der Waals surface area contributed by atoms with E-state index in [4.69, 9.17) is 4.74 Å². The highest BCUT2D eigenvalue weighted by Crippen LogP contribution is 2.18. The van der Waals surface area contributed by atoms with Crippen molar-refractivity contribution in [2.75, 3.05) is 12.4 Å². The number of fused-ring (bicyclic) bond motifs is 1. The van der Waals surface area contributed by atoms with E-state index in [-0.39, 0.29) is 29.5 Å². The van der Waals surface area contributed by atoms with Crippen LogP contribution in [-0.4, -0.2) is 35.9 Å². The monoisotopic (exact) mass is 402 g/mol. The summed E-state index contributed by atoms with van der Waals surface area (Å²) >= 11 is 0. The van der Waals surface area contributed by atoms with Crippen LogP contribution in [0.15, 0.2) is 58.2 Å².